The van der Waals surface area contributed by atoms with Gasteiger partial charge in [-0.2, -0.15) is 13.2 Å². The fourth-order valence-corrected chi connectivity index (χ4v) is 3.28. The van der Waals surface area contributed by atoms with Crippen LogP contribution in [0.4, 0.5) is 13.2 Å². The second-order valence-electron chi connectivity index (χ2n) is 5.58. The molecule has 0 saturated heterocycles. The lowest BCUT2D eigenvalue weighted by molar-refractivity contribution is -0.136. The van der Waals surface area contributed by atoms with E-state index in [-0.39, 0.29) is 16.5 Å². The van der Waals surface area contributed by atoms with Gasteiger partial charge in [-0.25, -0.2) is 0 Å². The standard InChI is InChI=1S/C16H14F3NO2/c1-9(22)20-7-11(8-21)14-12-5-3-2-4-10(12)6-13(15(14)20)16(17,18)19/h6-8H,2-5H2,1H3. The van der Waals surface area contributed by atoms with E-state index in [9.17, 15) is 22.8 Å². The zero-order chi connectivity index (χ0) is 16.1. The molecular weight excluding hydrogens is 295 g/mol. The van der Waals surface area contributed by atoms with Crippen LogP contribution in [-0.2, 0) is 19.0 Å². The van der Waals surface area contributed by atoms with E-state index in [2.05, 4.69) is 0 Å². The molecule has 1 aliphatic carbocycles. The Kier molecular flexibility index (Phi) is 3.34. The van der Waals surface area contributed by atoms with Crippen LogP contribution in [0.25, 0.3) is 10.9 Å². The van der Waals surface area contributed by atoms with Crippen LogP contribution in [-0.4, -0.2) is 16.8 Å². The number of rotatable bonds is 1. The summed E-state index contributed by atoms with van der Waals surface area (Å²) in [5, 5.41) is 0.287. The molecule has 0 amide bonds. The molecule has 3 nitrogen and oxygen atoms in total. The Morgan fingerprint density at radius 1 is 1.27 bits per heavy atom. The van der Waals surface area contributed by atoms with Crippen LogP contribution in [0.3, 0.4) is 0 Å². The molecule has 0 aliphatic heterocycles. The van der Waals surface area contributed by atoms with Crippen LogP contribution in [0.1, 0.15) is 51.6 Å². The van der Waals surface area contributed by atoms with Gasteiger partial charge in [0.05, 0.1) is 11.1 Å². The van der Waals surface area contributed by atoms with E-state index in [1.165, 1.54) is 13.1 Å². The van der Waals surface area contributed by atoms with Crippen molar-refractivity contribution >= 4 is 23.1 Å². The number of carbonyl (C=O) groups excluding carboxylic acids is 2. The van der Waals surface area contributed by atoms with Crippen molar-refractivity contribution in [1.82, 2.24) is 4.57 Å². The first kappa shape index (κ1) is 14.8. The Labute approximate surface area is 124 Å². The molecule has 1 aromatic heterocycles. The molecule has 2 aromatic rings. The van der Waals surface area contributed by atoms with Crippen molar-refractivity contribution in [3.8, 4) is 0 Å². The fraction of sp³-hybridized carbons (Fsp3) is 0.375. The third kappa shape index (κ3) is 2.14. The van der Waals surface area contributed by atoms with Crippen LogP contribution < -0.4 is 0 Å². The Morgan fingerprint density at radius 3 is 2.55 bits per heavy atom. The number of halogens is 3. The number of nitrogens with zero attached hydrogens (tertiary/aromatic N) is 1. The highest BCUT2D eigenvalue weighted by Gasteiger charge is 2.37. The first-order valence-electron chi connectivity index (χ1n) is 7.07. The van der Waals surface area contributed by atoms with Gasteiger partial charge in [-0.3, -0.25) is 14.2 Å². The van der Waals surface area contributed by atoms with Gasteiger partial charge in [0, 0.05) is 24.1 Å². The number of alkyl halides is 3. The lowest BCUT2D eigenvalue weighted by Crippen LogP contribution is -2.14. The molecule has 1 aromatic carbocycles. The number of aldehydes is 1. The lowest BCUT2D eigenvalue weighted by atomic mass is 9.86. The number of aromatic nitrogens is 1. The van der Waals surface area contributed by atoms with Gasteiger partial charge in [-0.15, -0.1) is 0 Å². The highest BCUT2D eigenvalue weighted by molar-refractivity contribution is 6.05. The molecule has 6 heteroatoms. The van der Waals surface area contributed by atoms with Crippen molar-refractivity contribution in [2.75, 3.05) is 0 Å². The summed E-state index contributed by atoms with van der Waals surface area (Å²) in [7, 11) is 0. The van der Waals surface area contributed by atoms with Gasteiger partial charge >= 0.3 is 6.18 Å². The number of fused-ring (bicyclic) bond motifs is 3. The van der Waals surface area contributed by atoms with Crippen LogP contribution >= 0.6 is 0 Å². The molecule has 22 heavy (non-hydrogen) atoms. The average Bonchev–Trinajstić information content (AvgIpc) is 2.85. The summed E-state index contributed by atoms with van der Waals surface area (Å²) in [4.78, 5) is 23.0. The van der Waals surface area contributed by atoms with Crippen molar-refractivity contribution in [2.24, 2.45) is 0 Å². The first-order chi connectivity index (χ1) is 10.3. The molecule has 0 radical (unpaired) electrons. The monoisotopic (exact) mass is 309 g/mol. The van der Waals surface area contributed by atoms with Gasteiger partial charge in [0.2, 0.25) is 5.91 Å². The number of benzene rings is 1. The summed E-state index contributed by atoms with van der Waals surface area (Å²) < 4.78 is 41.2. The second kappa shape index (κ2) is 4.97. The van der Waals surface area contributed by atoms with E-state index < -0.39 is 17.6 Å². The smallest absolute Gasteiger partial charge is 0.298 e. The van der Waals surface area contributed by atoms with E-state index in [1.807, 2.05) is 0 Å². The Hall–Kier alpha value is -2.11. The van der Waals surface area contributed by atoms with Crippen molar-refractivity contribution < 1.29 is 22.8 Å². The van der Waals surface area contributed by atoms with Gasteiger partial charge < -0.3 is 0 Å². The van der Waals surface area contributed by atoms with Crippen molar-refractivity contribution in [1.29, 1.82) is 0 Å². The Bertz CT molecular complexity index is 787. The minimum atomic E-state index is -4.57. The summed E-state index contributed by atoms with van der Waals surface area (Å²) >= 11 is 0. The maximum Gasteiger partial charge on any atom is 0.418 e. The average molecular weight is 309 g/mol. The molecule has 3 rings (SSSR count). The predicted molar refractivity (Wildman–Crippen MR) is 75.3 cm³/mol. The van der Waals surface area contributed by atoms with Crippen molar-refractivity contribution in [3.63, 3.8) is 0 Å². The molecular formula is C16H14F3NO2. The molecule has 0 bridgehead atoms. The zero-order valence-corrected chi connectivity index (χ0v) is 12.0. The molecule has 116 valence electrons. The van der Waals surface area contributed by atoms with Gasteiger partial charge in [-0.1, -0.05) is 0 Å². The van der Waals surface area contributed by atoms with Crippen LogP contribution in [0.2, 0.25) is 0 Å². The molecule has 0 N–H and O–H groups in total. The molecule has 1 heterocycles. The van der Waals surface area contributed by atoms with Gasteiger partial charge in [-0.05, 0) is 42.9 Å². The maximum atomic E-state index is 13.4. The summed E-state index contributed by atoms with van der Waals surface area (Å²) in [5.74, 6) is -0.542. The van der Waals surface area contributed by atoms with Crippen molar-refractivity contribution in [3.05, 3.63) is 34.5 Å². The largest absolute Gasteiger partial charge is 0.418 e. The Morgan fingerprint density at radius 2 is 1.95 bits per heavy atom. The van der Waals surface area contributed by atoms with Crippen LogP contribution in [0, 0.1) is 0 Å². The number of carbonyl (C=O) groups is 2. The number of aryl methyl sites for hydroxylation is 2. The molecule has 0 unspecified atom stereocenters. The van der Waals surface area contributed by atoms with E-state index in [1.54, 1.807) is 0 Å². The van der Waals surface area contributed by atoms with Gasteiger partial charge in [0.1, 0.15) is 0 Å². The number of hydrogen-bond donors (Lipinski definition) is 0. The topological polar surface area (TPSA) is 39.1 Å². The summed E-state index contributed by atoms with van der Waals surface area (Å²) in [6.07, 6.45) is 0.0681. The quantitative estimate of drug-likeness (QED) is 0.747. The Balaban J connectivity index is 2.51. The van der Waals surface area contributed by atoms with Crippen LogP contribution in [0.5, 0.6) is 0 Å². The summed E-state index contributed by atoms with van der Waals surface area (Å²) in [5.41, 5.74) is 0.524. The fourth-order valence-electron chi connectivity index (χ4n) is 3.28. The highest BCUT2D eigenvalue weighted by Crippen LogP contribution is 2.41. The third-order valence-electron chi connectivity index (χ3n) is 4.19. The third-order valence-corrected chi connectivity index (χ3v) is 4.19. The van der Waals surface area contributed by atoms with Gasteiger partial charge in [0.15, 0.2) is 6.29 Å². The SMILES string of the molecule is CC(=O)n1cc(C=O)c2c3c(cc(C(F)(F)F)c21)CCCC3. The molecule has 0 atom stereocenters. The molecule has 0 fully saturated rings. The first-order valence-corrected chi connectivity index (χ1v) is 7.07. The lowest BCUT2D eigenvalue weighted by Gasteiger charge is -2.21. The van der Waals surface area contributed by atoms with E-state index in [0.29, 0.717) is 24.7 Å². The second-order valence-corrected chi connectivity index (χ2v) is 5.58. The minimum Gasteiger partial charge on any atom is -0.298 e. The molecule has 1 aliphatic rings. The van der Waals surface area contributed by atoms with Crippen LogP contribution in [0.15, 0.2) is 12.3 Å². The van der Waals surface area contributed by atoms with E-state index in [4.69, 9.17) is 0 Å². The summed E-state index contributed by atoms with van der Waals surface area (Å²) in [6.45, 7) is 1.19. The zero-order valence-electron chi connectivity index (χ0n) is 12.0. The predicted octanol–water partition coefficient (Wildman–Crippen LogP) is 4.01. The van der Waals surface area contributed by atoms with E-state index >= 15 is 0 Å². The molecule has 0 spiro atoms. The van der Waals surface area contributed by atoms with Gasteiger partial charge in [0.25, 0.3) is 0 Å². The van der Waals surface area contributed by atoms with E-state index in [0.717, 1.165) is 29.0 Å². The molecule has 0 saturated carbocycles. The van der Waals surface area contributed by atoms with Crippen molar-refractivity contribution in [2.45, 2.75) is 38.8 Å². The highest BCUT2D eigenvalue weighted by atomic mass is 19.4. The number of hydrogen-bond acceptors (Lipinski definition) is 2. The summed E-state index contributed by atoms with van der Waals surface area (Å²) in [6, 6.07) is 1.14. The normalized spacial score (nSPS) is 14.9. The minimum absolute atomic E-state index is 0.148. The maximum absolute atomic E-state index is 13.4.